The Kier molecular flexibility index (Phi) is 22.8. The number of hydrogen-bond donors (Lipinski definition) is 0. The van der Waals surface area contributed by atoms with E-state index >= 15 is 0 Å². The van der Waals surface area contributed by atoms with Crippen molar-refractivity contribution in [2.75, 3.05) is 0 Å². The highest BCUT2D eigenvalue weighted by molar-refractivity contribution is 9.11. The number of halogens is 4. The van der Waals surface area contributed by atoms with E-state index in [1.807, 2.05) is 0 Å². The summed E-state index contributed by atoms with van der Waals surface area (Å²) in [5.41, 5.74) is 53.7. The molecule has 4 heteroatoms. The van der Waals surface area contributed by atoms with Crippen molar-refractivity contribution in [1.29, 1.82) is 0 Å². The van der Waals surface area contributed by atoms with Crippen LogP contribution in [0.1, 0.15) is 151 Å². The lowest BCUT2D eigenvalue weighted by Gasteiger charge is -2.22. The third kappa shape index (κ3) is 16.1. The monoisotopic (exact) mass is 2130 g/mol. The van der Waals surface area contributed by atoms with Crippen molar-refractivity contribution in [1.82, 2.24) is 0 Å². The Morgan fingerprint density at radius 3 is 0.644 bits per heavy atom. The van der Waals surface area contributed by atoms with Gasteiger partial charge in [-0.3, -0.25) is 0 Å². The average Bonchev–Trinajstić information content (AvgIpc) is 1.53. The topological polar surface area (TPSA) is 0 Å². The zero-order chi connectivity index (χ0) is 99.8. The van der Waals surface area contributed by atoms with E-state index in [1.54, 1.807) is 0 Å². The van der Waals surface area contributed by atoms with E-state index in [9.17, 15) is 0 Å². The summed E-state index contributed by atoms with van der Waals surface area (Å²) < 4.78 is 4.37. The fraction of sp³-hybridized carbons (Fsp3) is 0.127. The van der Waals surface area contributed by atoms with Gasteiger partial charge in [0.2, 0.25) is 0 Å². The Balaban J connectivity index is 0.000000152. The van der Waals surface area contributed by atoms with E-state index in [-0.39, 0.29) is 33.5 Å². The van der Waals surface area contributed by atoms with Crippen LogP contribution in [0.25, 0.3) is 221 Å². The molecule has 4 aliphatic rings. The molecule has 22 aromatic carbocycles. The van der Waals surface area contributed by atoms with Gasteiger partial charge in [0.15, 0.2) is 0 Å². The molecular weight excluding hydrogens is 2030 g/mol. The van der Waals surface area contributed by atoms with Gasteiger partial charge in [-0.15, -0.1) is 0 Å². The summed E-state index contributed by atoms with van der Waals surface area (Å²) in [6, 6.07) is 161. The molecule has 0 saturated heterocycles. The molecule has 0 unspecified atom stereocenters. The highest BCUT2D eigenvalue weighted by Gasteiger charge is 2.39. The zero-order valence-corrected chi connectivity index (χ0v) is 90.4. The van der Waals surface area contributed by atoms with Crippen LogP contribution in [0.5, 0.6) is 0 Å². The molecule has 0 atom stereocenters. The van der Waals surface area contributed by atoms with Crippen LogP contribution in [0.3, 0.4) is 0 Å². The van der Waals surface area contributed by atoms with E-state index < -0.39 is 0 Å². The standard InChI is InChI=1S/2C71H54Br2/c1-70(2,3)50-25-20-42(21-26-50)47-36-48(43-22-27-51(28-23-43)71(4,5)6)38-49(37-47)54-34-35-60-67-57(54)18-13-19-59(67)68-66(45-16-11-8-12-17-45)61-39-46(24-31-58(61)65(69(60)68)44-14-9-7-10-15-44)64-62-40-52(72)29-32-55(62)56-33-30-53(73)41-63(56)64;1-70(2,3)50-25-20-42(21-26-50)47-36-48(43-22-27-51(28-23-43)71(4,5)6)38-49(37-47)54-34-35-60-67-57(54)18-13-19-59(67)68-65(44-14-9-7-10-15-44)58-31-24-46(39-61(58)66(69(60)68)45-16-11-8-12-17-45)64-62-40-52(72)29-32-55(62)56-33-30-53(73)41-63(56)64/h2*7-41,64H,1-6H3. The number of benzene rings is 22. The van der Waals surface area contributed by atoms with Crippen molar-refractivity contribution in [3.8, 4) is 178 Å². The van der Waals surface area contributed by atoms with Crippen molar-refractivity contribution in [3.63, 3.8) is 0 Å². The minimum absolute atomic E-state index is 0.0677. The summed E-state index contributed by atoms with van der Waals surface area (Å²) in [4.78, 5) is 0. The minimum atomic E-state index is 0.0677. The first-order valence-electron chi connectivity index (χ1n) is 51.1. The largest absolute Gasteiger partial charge is 0.0622 e. The van der Waals surface area contributed by atoms with Gasteiger partial charge in [-0.1, -0.05) is 474 Å². The van der Waals surface area contributed by atoms with E-state index in [0.29, 0.717) is 0 Å². The van der Waals surface area contributed by atoms with E-state index in [2.05, 4.69) is 571 Å². The third-order valence-corrected chi connectivity index (χ3v) is 33.4. The lowest BCUT2D eigenvalue weighted by Crippen LogP contribution is -2.10. The lowest BCUT2D eigenvalue weighted by molar-refractivity contribution is 0.590. The van der Waals surface area contributed by atoms with Gasteiger partial charge in [-0.05, 0) is 395 Å². The molecule has 22 aromatic rings. The van der Waals surface area contributed by atoms with Crippen LogP contribution < -0.4 is 0 Å². The second-order valence-electron chi connectivity index (χ2n) is 44.6. The van der Waals surface area contributed by atoms with Crippen LogP contribution in [0.4, 0.5) is 0 Å². The Bertz CT molecular complexity index is 8360. The van der Waals surface area contributed by atoms with Gasteiger partial charge < -0.3 is 0 Å². The zero-order valence-electron chi connectivity index (χ0n) is 84.1. The summed E-state index contributed by atoms with van der Waals surface area (Å²) in [6.07, 6.45) is 0. The van der Waals surface area contributed by atoms with E-state index in [0.717, 1.165) is 17.9 Å². The molecule has 0 saturated carbocycles. The average molecular weight is 2130 g/mol. The number of rotatable bonds is 12. The first kappa shape index (κ1) is 92.9. The number of hydrogen-bond acceptors (Lipinski definition) is 0. The Morgan fingerprint density at radius 2 is 0.384 bits per heavy atom. The van der Waals surface area contributed by atoms with Crippen molar-refractivity contribution in [3.05, 3.63) is 498 Å². The highest BCUT2D eigenvalue weighted by atomic mass is 79.9. The Labute approximate surface area is 891 Å². The van der Waals surface area contributed by atoms with Crippen molar-refractivity contribution in [2.24, 2.45) is 0 Å². The van der Waals surface area contributed by atoms with Crippen molar-refractivity contribution < 1.29 is 0 Å². The molecule has 146 heavy (non-hydrogen) atoms. The van der Waals surface area contributed by atoms with E-state index in [4.69, 9.17) is 0 Å². The summed E-state index contributed by atoms with van der Waals surface area (Å²) >= 11 is 15.4. The molecular formula is C142H108Br4. The lowest BCUT2D eigenvalue weighted by atomic mass is 9.80. The molecule has 0 aliphatic heterocycles. The normalized spacial score (nSPS) is 12.9. The molecule has 0 radical (unpaired) electrons. The Hall–Kier alpha value is -14.2. The van der Waals surface area contributed by atoms with Gasteiger partial charge in [0.1, 0.15) is 0 Å². The van der Waals surface area contributed by atoms with Gasteiger partial charge in [-0.2, -0.15) is 0 Å². The third-order valence-electron chi connectivity index (χ3n) is 31.4. The molecule has 26 rings (SSSR count). The van der Waals surface area contributed by atoms with Gasteiger partial charge in [0.25, 0.3) is 0 Å². The van der Waals surface area contributed by atoms with Crippen LogP contribution in [0, 0.1) is 0 Å². The molecule has 0 fully saturated rings. The second-order valence-corrected chi connectivity index (χ2v) is 48.2. The van der Waals surface area contributed by atoms with Crippen molar-refractivity contribution in [2.45, 2.75) is 117 Å². The molecule has 0 aromatic heterocycles. The number of fused-ring (bicyclic) bond motifs is 14. The molecule has 4 aliphatic carbocycles. The smallest absolute Gasteiger partial charge is 0.0353 e. The van der Waals surface area contributed by atoms with Gasteiger partial charge >= 0.3 is 0 Å². The predicted molar refractivity (Wildman–Crippen MR) is 637 cm³/mol. The minimum Gasteiger partial charge on any atom is -0.0622 e. The first-order valence-corrected chi connectivity index (χ1v) is 54.3. The Morgan fingerprint density at radius 1 is 0.151 bits per heavy atom. The SMILES string of the molecule is CC(C)(C)c1ccc(-c2cc(-c3ccc(C(C)(C)C)cc3)cc(-c3ccc4c5c(cccc35)-c3c-4c(-c4ccccc4)c4cc(C5c6cc(Br)ccc6-c6ccc(Br)cc65)ccc4c3-c3ccccc3)c2)cc1.CC(C)(C)c1ccc(-c2cc(-c3ccc(C(C)(C)C)cc3)cc(-c3ccc4c5c(cccc35)-c3c-4c(-c4ccccc4)c4ccc(C5c6cc(Br)ccc6-c6ccc(Br)cc65)cc4c3-c3ccccc3)c2)cc1. The molecule has 0 bridgehead atoms. The van der Waals surface area contributed by atoms with Crippen LogP contribution >= 0.6 is 63.7 Å². The maximum absolute atomic E-state index is 3.86. The maximum Gasteiger partial charge on any atom is 0.0353 e. The molecule has 0 heterocycles. The fourth-order valence-corrected chi connectivity index (χ4v) is 25.7. The second kappa shape index (κ2) is 35.9. The predicted octanol–water partition coefficient (Wildman–Crippen LogP) is 42.5. The summed E-state index contributed by atoms with van der Waals surface area (Å²) in [5, 5.41) is 10.2. The van der Waals surface area contributed by atoms with Crippen LogP contribution in [0.15, 0.2) is 443 Å². The first-order chi connectivity index (χ1) is 70.6. The van der Waals surface area contributed by atoms with Crippen LogP contribution in [0.2, 0.25) is 0 Å². The highest BCUT2D eigenvalue weighted by Crippen LogP contribution is 2.64. The van der Waals surface area contributed by atoms with E-state index in [1.165, 1.54) is 277 Å². The molecule has 704 valence electrons. The molecule has 0 nitrogen and oxygen atoms in total. The summed E-state index contributed by atoms with van der Waals surface area (Å²) in [5.74, 6) is 0.135. The summed E-state index contributed by atoms with van der Waals surface area (Å²) in [7, 11) is 0. The fourth-order valence-electron chi connectivity index (χ4n) is 24.2. The van der Waals surface area contributed by atoms with Crippen LogP contribution in [-0.2, 0) is 21.7 Å². The maximum atomic E-state index is 3.86. The van der Waals surface area contributed by atoms with Crippen LogP contribution in [-0.4, -0.2) is 0 Å². The van der Waals surface area contributed by atoms with Gasteiger partial charge in [0, 0.05) is 29.7 Å². The molecule has 0 amide bonds. The van der Waals surface area contributed by atoms with Crippen molar-refractivity contribution >= 4 is 107 Å². The van der Waals surface area contributed by atoms with Gasteiger partial charge in [-0.25, -0.2) is 0 Å². The molecule has 0 N–H and O–H groups in total. The molecule has 0 spiro atoms. The quantitative estimate of drug-likeness (QED) is 0.114. The summed E-state index contributed by atoms with van der Waals surface area (Å²) in [6.45, 7) is 27.4. The van der Waals surface area contributed by atoms with Gasteiger partial charge in [0.05, 0.1) is 0 Å².